The van der Waals surface area contributed by atoms with Crippen molar-refractivity contribution < 1.29 is 13.2 Å². The van der Waals surface area contributed by atoms with Crippen molar-refractivity contribution in [2.75, 3.05) is 12.4 Å². The maximum Gasteiger partial charge on any atom is 0.417 e. The number of halogens is 3. The van der Waals surface area contributed by atoms with Crippen molar-refractivity contribution in [3.8, 4) is 11.1 Å². The van der Waals surface area contributed by atoms with Crippen LogP contribution in [0, 0.1) is 0 Å². The Morgan fingerprint density at radius 2 is 1.61 bits per heavy atom. The van der Waals surface area contributed by atoms with Crippen LogP contribution in [0.25, 0.3) is 11.1 Å². The van der Waals surface area contributed by atoms with Crippen LogP contribution in [0.1, 0.15) is 5.56 Å². The zero-order valence-electron chi connectivity index (χ0n) is 9.75. The first kappa shape index (κ1) is 12.5. The molecule has 0 radical (unpaired) electrons. The van der Waals surface area contributed by atoms with Gasteiger partial charge in [0.05, 0.1) is 5.56 Å². The van der Waals surface area contributed by atoms with E-state index in [2.05, 4.69) is 5.32 Å². The minimum atomic E-state index is -4.36. The average Bonchev–Trinajstić information content (AvgIpc) is 2.38. The van der Waals surface area contributed by atoms with Gasteiger partial charge in [-0.3, -0.25) is 0 Å². The molecule has 94 valence electrons. The zero-order chi connectivity index (χ0) is 13.2. The lowest BCUT2D eigenvalue weighted by molar-refractivity contribution is -0.137. The second-order valence-electron chi connectivity index (χ2n) is 3.87. The van der Waals surface area contributed by atoms with Crippen LogP contribution in [0.3, 0.4) is 0 Å². The molecule has 18 heavy (non-hydrogen) atoms. The van der Waals surface area contributed by atoms with Gasteiger partial charge in [-0.1, -0.05) is 36.4 Å². The molecule has 0 aromatic heterocycles. The molecule has 0 aliphatic carbocycles. The maximum atomic E-state index is 13.0. The van der Waals surface area contributed by atoms with Gasteiger partial charge in [-0.05, 0) is 23.3 Å². The van der Waals surface area contributed by atoms with Crippen molar-refractivity contribution in [1.82, 2.24) is 0 Å². The molecule has 1 N–H and O–H groups in total. The Balaban J connectivity index is 2.61. The van der Waals surface area contributed by atoms with Gasteiger partial charge in [0.1, 0.15) is 0 Å². The summed E-state index contributed by atoms with van der Waals surface area (Å²) in [6.07, 6.45) is -4.36. The van der Waals surface area contributed by atoms with Crippen LogP contribution in [0.15, 0.2) is 48.5 Å². The van der Waals surface area contributed by atoms with Crippen LogP contribution < -0.4 is 5.32 Å². The molecule has 0 fully saturated rings. The minimum absolute atomic E-state index is 0.196. The molecule has 0 spiro atoms. The van der Waals surface area contributed by atoms with Gasteiger partial charge in [-0.2, -0.15) is 13.2 Å². The maximum absolute atomic E-state index is 13.0. The molecule has 0 saturated carbocycles. The summed E-state index contributed by atoms with van der Waals surface area (Å²) in [6, 6.07) is 12.8. The number of nitrogens with one attached hydrogen (secondary N) is 1. The number of rotatable bonds is 2. The number of benzene rings is 2. The fraction of sp³-hybridized carbons (Fsp3) is 0.143. The Hall–Kier alpha value is -1.97. The summed E-state index contributed by atoms with van der Waals surface area (Å²) >= 11 is 0. The minimum Gasteiger partial charge on any atom is -0.388 e. The Morgan fingerprint density at radius 1 is 0.944 bits per heavy atom. The molecule has 0 aliphatic heterocycles. The zero-order valence-corrected chi connectivity index (χ0v) is 9.75. The molecule has 2 aromatic rings. The Kier molecular flexibility index (Phi) is 3.28. The van der Waals surface area contributed by atoms with Crippen LogP contribution in [0.2, 0.25) is 0 Å². The molecular formula is C14H12F3N. The van der Waals surface area contributed by atoms with E-state index >= 15 is 0 Å². The fourth-order valence-electron chi connectivity index (χ4n) is 1.80. The lowest BCUT2D eigenvalue weighted by Crippen LogP contribution is -2.08. The summed E-state index contributed by atoms with van der Waals surface area (Å²) in [6.45, 7) is 0. The van der Waals surface area contributed by atoms with Gasteiger partial charge in [0, 0.05) is 12.7 Å². The van der Waals surface area contributed by atoms with E-state index in [0.717, 1.165) is 6.07 Å². The summed E-state index contributed by atoms with van der Waals surface area (Å²) < 4.78 is 39.1. The molecular weight excluding hydrogens is 239 g/mol. The van der Waals surface area contributed by atoms with Crippen molar-refractivity contribution >= 4 is 5.69 Å². The Bertz CT molecular complexity index is 532. The summed E-state index contributed by atoms with van der Waals surface area (Å²) in [5.41, 5.74) is 0.581. The Morgan fingerprint density at radius 3 is 2.17 bits per heavy atom. The standard InChI is InChI=1S/C14H12F3N/c1-18-11-7-8-12(10-5-3-2-4-6-10)13(9-11)14(15,16)17/h2-9,18H,1H3. The van der Waals surface area contributed by atoms with Gasteiger partial charge >= 0.3 is 6.18 Å². The predicted octanol–water partition coefficient (Wildman–Crippen LogP) is 4.41. The van der Waals surface area contributed by atoms with E-state index in [4.69, 9.17) is 0 Å². The molecule has 0 saturated heterocycles. The van der Waals surface area contributed by atoms with Gasteiger partial charge in [0.2, 0.25) is 0 Å². The second kappa shape index (κ2) is 4.72. The molecule has 0 atom stereocenters. The lowest BCUT2D eigenvalue weighted by atomic mass is 9.98. The van der Waals surface area contributed by atoms with Crippen LogP contribution in [0.4, 0.5) is 18.9 Å². The summed E-state index contributed by atoms with van der Waals surface area (Å²) in [7, 11) is 1.59. The van der Waals surface area contributed by atoms with E-state index in [-0.39, 0.29) is 5.56 Å². The first-order valence-corrected chi connectivity index (χ1v) is 5.47. The highest BCUT2D eigenvalue weighted by Gasteiger charge is 2.33. The van der Waals surface area contributed by atoms with Crippen molar-refractivity contribution in [2.24, 2.45) is 0 Å². The molecule has 0 heterocycles. The quantitative estimate of drug-likeness (QED) is 0.833. The number of hydrogen-bond donors (Lipinski definition) is 1. The van der Waals surface area contributed by atoms with Gasteiger partial charge < -0.3 is 5.32 Å². The number of anilines is 1. The largest absolute Gasteiger partial charge is 0.417 e. The predicted molar refractivity (Wildman–Crippen MR) is 66.4 cm³/mol. The smallest absolute Gasteiger partial charge is 0.388 e. The third-order valence-electron chi connectivity index (χ3n) is 2.70. The van der Waals surface area contributed by atoms with Gasteiger partial charge in [-0.25, -0.2) is 0 Å². The topological polar surface area (TPSA) is 12.0 Å². The number of hydrogen-bond acceptors (Lipinski definition) is 1. The van der Waals surface area contributed by atoms with Crippen molar-refractivity contribution in [2.45, 2.75) is 6.18 Å². The summed E-state index contributed by atoms with van der Waals surface area (Å²) in [4.78, 5) is 0. The molecule has 2 aromatic carbocycles. The van der Waals surface area contributed by atoms with Crippen molar-refractivity contribution in [3.05, 3.63) is 54.1 Å². The molecule has 4 heteroatoms. The molecule has 0 aliphatic rings. The monoisotopic (exact) mass is 251 g/mol. The third kappa shape index (κ3) is 2.47. The normalized spacial score (nSPS) is 11.3. The van der Waals surface area contributed by atoms with Gasteiger partial charge in [0.25, 0.3) is 0 Å². The van der Waals surface area contributed by atoms with Crippen molar-refractivity contribution in [1.29, 1.82) is 0 Å². The van der Waals surface area contributed by atoms with Crippen LogP contribution in [0.5, 0.6) is 0 Å². The van der Waals surface area contributed by atoms with E-state index in [1.165, 1.54) is 6.07 Å². The van der Waals surface area contributed by atoms with Crippen molar-refractivity contribution in [3.63, 3.8) is 0 Å². The third-order valence-corrected chi connectivity index (χ3v) is 2.70. The van der Waals surface area contributed by atoms with Crippen LogP contribution in [-0.2, 0) is 6.18 Å². The summed E-state index contributed by atoms with van der Waals surface area (Å²) in [5.74, 6) is 0. The van der Waals surface area contributed by atoms with Gasteiger partial charge in [0.15, 0.2) is 0 Å². The molecule has 0 amide bonds. The molecule has 2 rings (SSSR count). The van der Waals surface area contributed by atoms with E-state index in [9.17, 15) is 13.2 Å². The van der Waals surface area contributed by atoms with E-state index in [0.29, 0.717) is 11.3 Å². The fourth-order valence-corrected chi connectivity index (χ4v) is 1.80. The second-order valence-corrected chi connectivity index (χ2v) is 3.87. The van der Waals surface area contributed by atoms with E-state index in [1.54, 1.807) is 43.4 Å². The number of alkyl halides is 3. The molecule has 0 unspecified atom stereocenters. The Labute approximate surface area is 103 Å². The molecule has 0 bridgehead atoms. The van der Waals surface area contributed by atoms with Crippen LogP contribution >= 0.6 is 0 Å². The highest BCUT2D eigenvalue weighted by Crippen LogP contribution is 2.38. The van der Waals surface area contributed by atoms with Crippen LogP contribution in [-0.4, -0.2) is 7.05 Å². The molecule has 1 nitrogen and oxygen atoms in total. The average molecular weight is 251 g/mol. The SMILES string of the molecule is CNc1ccc(-c2ccccc2)c(C(F)(F)F)c1. The van der Waals surface area contributed by atoms with E-state index < -0.39 is 11.7 Å². The van der Waals surface area contributed by atoms with Gasteiger partial charge in [-0.15, -0.1) is 0 Å². The lowest BCUT2D eigenvalue weighted by Gasteiger charge is -2.14. The first-order chi connectivity index (χ1) is 8.52. The highest BCUT2D eigenvalue weighted by molar-refractivity contribution is 5.71. The van der Waals surface area contributed by atoms with E-state index in [1.807, 2.05) is 0 Å². The summed E-state index contributed by atoms with van der Waals surface area (Å²) in [5, 5.41) is 2.72. The first-order valence-electron chi connectivity index (χ1n) is 5.47. The highest BCUT2D eigenvalue weighted by atomic mass is 19.4.